The average molecular weight is 433 g/mol. The number of thioether (sulfide) groups is 1. The number of carbonyl (C=O) groups excluding carboxylic acids is 4. The van der Waals surface area contributed by atoms with Crippen LogP contribution in [0.2, 0.25) is 0 Å². The minimum atomic E-state index is -1.70. The van der Waals surface area contributed by atoms with E-state index in [0.29, 0.717) is 0 Å². The van der Waals surface area contributed by atoms with Crippen LogP contribution >= 0.6 is 23.1 Å². The number of thiophene rings is 1. The molecule has 28 heavy (non-hydrogen) atoms. The van der Waals surface area contributed by atoms with E-state index < -0.39 is 34.8 Å². The largest absolute Gasteiger partial charge is 1.00 e. The summed E-state index contributed by atoms with van der Waals surface area (Å²) in [6, 6.07) is 3.59. The first kappa shape index (κ1) is 22.9. The summed E-state index contributed by atoms with van der Waals surface area (Å²) in [7, 11) is 0. The Balaban J connectivity index is 0.00000280. The fraction of sp³-hybridized carbons (Fsp3) is 0.375. The third kappa shape index (κ3) is 4.29. The average Bonchev–Trinajstić information content (AvgIpc) is 3.11. The fourth-order valence-corrected chi connectivity index (χ4v) is 4.95. The molecule has 2 aliphatic rings. The number of fused-ring (bicyclic) bond motifs is 1. The predicted molar refractivity (Wildman–Crippen MR) is 94.8 cm³/mol. The number of hydrogen-bond acceptors (Lipinski definition) is 9. The van der Waals surface area contributed by atoms with Crippen molar-refractivity contribution in [1.82, 2.24) is 10.2 Å². The molecule has 12 heteroatoms. The Kier molecular flexibility index (Phi) is 7.34. The zero-order valence-electron chi connectivity index (χ0n) is 15.2. The molecule has 1 saturated heterocycles. The number of amides is 2. The molecule has 0 radical (unpaired) electrons. The molecule has 1 fully saturated rings. The number of rotatable bonds is 6. The number of ether oxygens (including phenoxy) is 1. The SMILES string of the molecule is CC(=O)OCC1=C(C(=O)[O-])N2C(=O)[C@@](N)(NC(=O)Cc3cccs3)[C@H]2SC1.[Na+]. The van der Waals surface area contributed by atoms with Gasteiger partial charge in [0.15, 0.2) is 0 Å². The molecule has 0 unspecified atom stereocenters. The van der Waals surface area contributed by atoms with Crippen molar-refractivity contribution in [2.75, 3.05) is 12.4 Å². The van der Waals surface area contributed by atoms with Crippen LogP contribution in [0.15, 0.2) is 28.8 Å². The zero-order chi connectivity index (χ0) is 19.8. The Morgan fingerprint density at radius 3 is 2.75 bits per heavy atom. The molecule has 0 aliphatic carbocycles. The van der Waals surface area contributed by atoms with Crippen molar-refractivity contribution in [3.8, 4) is 0 Å². The molecule has 9 nitrogen and oxygen atoms in total. The molecular weight excluding hydrogens is 417 g/mol. The summed E-state index contributed by atoms with van der Waals surface area (Å²) in [5.74, 6) is -3.15. The topological polar surface area (TPSA) is 142 Å². The van der Waals surface area contributed by atoms with Gasteiger partial charge in [-0.2, -0.15) is 0 Å². The normalized spacial score (nSPS) is 23.3. The van der Waals surface area contributed by atoms with Crippen molar-refractivity contribution in [2.24, 2.45) is 5.73 Å². The number of carboxylic acids is 1. The summed E-state index contributed by atoms with van der Waals surface area (Å²) in [4.78, 5) is 49.2. The van der Waals surface area contributed by atoms with Crippen molar-refractivity contribution in [3.05, 3.63) is 33.7 Å². The number of aliphatic carboxylic acids is 1. The first-order valence-electron chi connectivity index (χ1n) is 7.88. The number of nitrogens with one attached hydrogen (secondary N) is 1. The number of esters is 1. The van der Waals surface area contributed by atoms with Gasteiger partial charge in [0.05, 0.1) is 18.1 Å². The van der Waals surface area contributed by atoms with Crippen molar-refractivity contribution in [3.63, 3.8) is 0 Å². The van der Waals surface area contributed by atoms with Gasteiger partial charge >= 0.3 is 35.5 Å². The van der Waals surface area contributed by atoms with Crippen LogP contribution in [0.1, 0.15) is 11.8 Å². The van der Waals surface area contributed by atoms with Crippen molar-refractivity contribution < 1.29 is 58.6 Å². The smallest absolute Gasteiger partial charge is 0.543 e. The molecule has 0 aromatic carbocycles. The molecule has 3 N–H and O–H groups in total. The van der Waals surface area contributed by atoms with Gasteiger partial charge in [0, 0.05) is 23.1 Å². The molecule has 3 heterocycles. The second kappa shape index (κ2) is 8.97. The molecule has 3 rings (SSSR count). The van der Waals surface area contributed by atoms with Gasteiger partial charge in [-0.05, 0) is 11.4 Å². The van der Waals surface area contributed by atoms with Crippen LogP contribution in [0.4, 0.5) is 0 Å². The van der Waals surface area contributed by atoms with Crippen molar-refractivity contribution in [2.45, 2.75) is 24.4 Å². The summed E-state index contributed by atoms with van der Waals surface area (Å²) in [5.41, 5.74) is 4.28. The van der Waals surface area contributed by atoms with Gasteiger partial charge in [0.2, 0.25) is 11.6 Å². The van der Waals surface area contributed by atoms with Crippen molar-refractivity contribution >= 4 is 46.9 Å². The summed E-state index contributed by atoms with van der Waals surface area (Å²) in [5, 5.41) is 15.1. The van der Waals surface area contributed by atoms with Gasteiger partial charge in [0.25, 0.3) is 5.91 Å². The molecule has 2 atom stereocenters. The van der Waals surface area contributed by atoms with E-state index in [1.54, 1.807) is 12.1 Å². The van der Waals surface area contributed by atoms with Crippen LogP contribution < -0.4 is 45.7 Å². The number of β-lactam (4-membered cyclic amide) rings is 1. The number of hydrogen-bond donors (Lipinski definition) is 2. The summed E-state index contributed by atoms with van der Waals surface area (Å²) in [6.07, 6.45) is 0.0716. The number of nitrogens with zero attached hydrogens (tertiary/aromatic N) is 1. The molecule has 144 valence electrons. The van der Waals surface area contributed by atoms with Crippen LogP contribution in [0.5, 0.6) is 0 Å². The van der Waals surface area contributed by atoms with Crippen molar-refractivity contribution in [1.29, 1.82) is 0 Å². The van der Waals surface area contributed by atoms with Gasteiger partial charge in [-0.1, -0.05) is 6.07 Å². The minimum Gasteiger partial charge on any atom is -0.543 e. The molecule has 2 amide bonds. The first-order chi connectivity index (χ1) is 12.7. The Hall–Kier alpha value is -1.37. The van der Waals surface area contributed by atoms with Crippen LogP contribution in [-0.4, -0.2) is 52.0 Å². The van der Waals surface area contributed by atoms with E-state index in [9.17, 15) is 24.3 Å². The quantitative estimate of drug-likeness (QED) is 0.198. The molecule has 0 spiro atoms. The van der Waals surface area contributed by atoms with E-state index in [-0.39, 0.29) is 59.6 Å². The molecule has 0 saturated carbocycles. The van der Waals surface area contributed by atoms with E-state index >= 15 is 0 Å². The molecule has 1 aromatic heterocycles. The zero-order valence-corrected chi connectivity index (χ0v) is 18.9. The Bertz CT molecular complexity index is 843. The number of carbonyl (C=O) groups is 4. The van der Waals surface area contributed by atoms with Gasteiger partial charge in [-0.3, -0.25) is 25.0 Å². The van der Waals surface area contributed by atoms with Crippen LogP contribution in [0.3, 0.4) is 0 Å². The Labute approximate surface area is 190 Å². The standard InChI is InChI=1S/C16H17N3O6S2.Na/c1-8(20)25-6-9-7-27-15-16(17,14(24)19(15)12(9)13(22)23)18-11(21)5-10-3-2-4-26-10;/h2-4,15H,5-7,17H2,1H3,(H,18,21)(H,22,23);/q;+1/p-1/t15-,16-;/m1./s1. The third-order valence-electron chi connectivity index (χ3n) is 4.09. The Morgan fingerprint density at radius 2 is 2.18 bits per heavy atom. The van der Waals surface area contributed by atoms with E-state index in [4.69, 9.17) is 10.5 Å². The van der Waals surface area contributed by atoms with Crippen LogP contribution in [0.25, 0.3) is 0 Å². The van der Waals surface area contributed by atoms with Crippen LogP contribution in [-0.2, 0) is 30.3 Å². The van der Waals surface area contributed by atoms with Gasteiger partial charge in [0.1, 0.15) is 12.0 Å². The number of carboxylic acid groups (broad SMARTS) is 1. The summed E-state index contributed by atoms with van der Waals surface area (Å²) in [6.45, 7) is 0.936. The van der Waals surface area contributed by atoms with E-state index in [0.717, 1.165) is 9.78 Å². The summed E-state index contributed by atoms with van der Waals surface area (Å²) < 4.78 is 4.84. The maximum atomic E-state index is 12.6. The maximum absolute atomic E-state index is 12.6. The first-order valence-corrected chi connectivity index (χ1v) is 9.81. The predicted octanol–water partition coefficient (Wildman–Crippen LogP) is -4.45. The Morgan fingerprint density at radius 1 is 1.46 bits per heavy atom. The monoisotopic (exact) mass is 433 g/mol. The molecular formula is C16H16N3NaO6S2. The second-order valence-electron chi connectivity index (χ2n) is 6.03. The molecule has 0 bridgehead atoms. The fourth-order valence-electron chi connectivity index (χ4n) is 2.89. The minimum absolute atomic E-state index is 0. The number of nitrogens with two attached hydrogens (primary N) is 1. The summed E-state index contributed by atoms with van der Waals surface area (Å²) >= 11 is 2.58. The van der Waals surface area contributed by atoms with Crippen LogP contribution in [0, 0.1) is 0 Å². The van der Waals surface area contributed by atoms with Gasteiger partial charge < -0.3 is 20.0 Å². The van der Waals surface area contributed by atoms with Gasteiger partial charge in [-0.15, -0.1) is 23.1 Å². The third-order valence-corrected chi connectivity index (χ3v) is 6.38. The van der Waals surface area contributed by atoms with Gasteiger partial charge in [-0.25, -0.2) is 0 Å². The molecule has 1 aromatic rings. The second-order valence-corrected chi connectivity index (χ2v) is 8.13. The van der Waals surface area contributed by atoms with E-state index in [2.05, 4.69) is 5.32 Å². The van der Waals surface area contributed by atoms with E-state index in [1.807, 2.05) is 5.38 Å². The van der Waals surface area contributed by atoms with E-state index in [1.165, 1.54) is 30.0 Å². The maximum Gasteiger partial charge on any atom is 1.00 e. The molecule has 2 aliphatic heterocycles.